The molecule has 0 radical (unpaired) electrons. The number of methoxy groups -OCH3 is 1. The molecule has 2 aromatic carbocycles. The smallest absolute Gasteiger partial charge is 0.262 e. The first-order chi connectivity index (χ1) is 14.5. The molecule has 30 heavy (non-hydrogen) atoms. The van der Waals surface area contributed by atoms with Gasteiger partial charge in [0, 0.05) is 28.8 Å². The zero-order chi connectivity index (χ0) is 21.3. The fraction of sp³-hybridized carbons (Fsp3) is 0.174. The summed E-state index contributed by atoms with van der Waals surface area (Å²) in [5, 5.41) is 1.26. The molecule has 0 amide bonds. The lowest BCUT2D eigenvalue weighted by molar-refractivity contribution is 0.101. The van der Waals surface area contributed by atoms with Gasteiger partial charge in [0.15, 0.2) is 10.9 Å². The van der Waals surface area contributed by atoms with E-state index < -0.39 is 0 Å². The molecule has 0 aliphatic rings. The van der Waals surface area contributed by atoms with Gasteiger partial charge >= 0.3 is 0 Å². The Kier molecular flexibility index (Phi) is 5.74. The van der Waals surface area contributed by atoms with Crippen molar-refractivity contribution in [1.29, 1.82) is 0 Å². The number of ketones is 1. The first-order valence-electron chi connectivity index (χ1n) is 9.34. The summed E-state index contributed by atoms with van der Waals surface area (Å²) in [6.45, 7) is 1.54. The number of hydrogen-bond acceptors (Lipinski definition) is 6. The fourth-order valence-electron chi connectivity index (χ4n) is 3.17. The van der Waals surface area contributed by atoms with Crippen LogP contribution in [0.15, 0.2) is 64.5 Å². The van der Waals surface area contributed by atoms with E-state index in [1.54, 1.807) is 37.8 Å². The van der Waals surface area contributed by atoms with Gasteiger partial charge in [0.25, 0.3) is 5.56 Å². The van der Waals surface area contributed by atoms with Crippen molar-refractivity contribution in [3.8, 4) is 16.2 Å². The van der Waals surface area contributed by atoms with Crippen LogP contribution < -0.4 is 10.3 Å². The van der Waals surface area contributed by atoms with Crippen LogP contribution in [-0.2, 0) is 12.8 Å². The molecule has 4 rings (SSSR count). The molecule has 0 aliphatic heterocycles. The Morgan fingerprint density at radius 1 is 1.17 bits per heavy atom. The Labute approximate surface area is 182 Å². The monoisotopic (exact) mass is 436 g/mol. The number of ether oxygens (including phenoxy) is 1. The minimum atomic E-state index is -0.0645. The largest absolute Gasteiger partial charge is 0.496 e. The summed E-state index contributed by atoms with van der Waals surface area (Å²) in [6.07, 6.45) is 0. The van der Waals surface area contributed by atoms with Gasteiger partial charge in [0.05, 0.1) is 12.5 Å². The predicted molar refractivity (Wildman–Crippen MR) is 123 cm³/mol. The van der Waals surface area contributed by atoms with Gasteiger partial charge in [-0.15, -0.1) is 11.3 Å². The highest BCUT2D eigenvalue weighted by atomic mass is 32.2. The maximum Gasteiger partial charge on any atom is 0.262 e. The highest BCUT2D eigenvalue weighted by Gasteiger charge is 2.15. The summed E-state index contributed by atoms with van der Waals surface area (Å²) >= 11 is 2.97. The van der Waals surface area contributed by atoms with Crippen LogP contribution >= 0.6 is 23.1 Å². The SMILES string of the molecule is COc1ccc(C(C)=O)cc1CSc1nc2sc(-c3ccccc3)cc2c(=O)n1C. The third-order valence-electron chi connectivity index (χ3n) is 4.83. The Balaban J connectivity index is 1.69. The van der Waals surface area contributed by atoms with E-state index in [1.807, 2.05) is 42.5 Å². The number of carbonyl (C=O) groups excluding carboxylic acids is 1. The molecule has 2 heterocycles. The molecule has 0 saturated heterocycles. The summed E-state index contributed by atoms with van der Waals surface area (Å²) in [5.41, 5.74) is 2.53. The molecule has 152 valence electrons. The molecule has 4 aromatic rings. The van der Waals surface area contributed by atoms with Crippen molar-refractivity contribution in [3.63, 3.8) is 0 Å². The zero-order valence-corrected chi connectivity index (χ0v) is 18.5. The highest BCUT2D eigenvalue weighted by molar-refractivity contribution is 7.98. The van der Waals surface area contributed by atoms with Gasteiger partial charge in [-0.3, -0.25) is 14.2 Å². The van der Waals surface area contributed by atoms with Crippen LogP contribution in [0.2, 0.25) is 0 Å². The molecular formula is C23H20N2O3S2. The topological polar surface area (TPSA) is 61.2 Å². The van der Waals surface area contributed by atoms with Crippen molar-refractivity contribution in [2.45, 2.75) is 17.8 Å². The number of nitrogens with zero attached hydrogens (tertiary/aromatic N) is 2. The quantitative estimate of drug-likeness (QED) is 0.237. The van der Waals surface area contributed by atoms with E-state index in [-0.39, 0.29) is 11.3 Å². The Morgan fingerprint density at radius 3 is 2.63 bits per heavy atom. The van der Waals surface area contributed by atoms with Crippen LogP contribution in [0.5, 0.6) is 5.75 Å². The van der Waals surface area contributed by atoms with Crippen molar-refractivity contribution < 1.29 is 9.53 Å². The van der Waals surface area contributed by atoms with E-state index in [0.29, 0.717) is 27.6 Å². The fourth-order valence-corrected chi connectivity index (χ4v) is 5.20. The molecule has 0 aliphatic carbocycles. The van der Waals surface area contributed by atoms with Gasteiger partial charge in [-0.2, -0.15) is 0 Å². The number of carbonyl (C=O) groups is 1. The minimum absolute atomic E-state index is 0.00266. The van der Waals surface area contributed by atoms with E-state index in [2.05, 4.69) is 0 Å². The molecule has 0 atom stereocenters. The maximum atomic E-state index is 12.9. The third-order valence-corrected chi connectivity index (χ3v) is 6.99. The van der Waals surface area contributed by atoms with Crippen LogP contribution in [-0.4, -0.2) is 22.4 Å². The van der Waals surface area contributed by atoms with Crippen molar-refractivity contribution in [2.75, 3.05) is 7.11 Å². The van der Waals surface area contributed by atoms with Crippen LogP contribution in [0.25, 0.3) is 20.7 Å². The van der Waals surface area contributed by atoms with E-state index >= 15 is 0 Å². The minimum Gasteiger partial charge on any atom is -0.496 e. The number of fused-ring (bicyclic) bond motifs is 1. The van der Waals surface area contributed by atoms with Crippen LogP contribution in [0, 0.1) is 0 Å². The number of benzene rings is 2. The predicted octanol–water partition coefficient (Wildman–Crippen LogP) is 5.17. The number of rotatable bonds is 6. The second kappa shape index (κ2) is 8.45. The molecule has 0 bridgehead atoms. The molecule has 0 fully saturated rings. The van der Waals surface area contributed by atoms with E-state index in [1.165, 1.54) is 23.1 Å². The Morgan fingerprint density at radius 2 is 1.93 bits per heavy atom. The van der Waals surface area contributed by atoms with E-state index in [4.69, 9.17) is 9.72 Å². The molecule has 0 spiro atoms. The maximum absolute atomic E-state index is 12.9. The summed E-state index contributed by atoms with van der Waals surface area (Å²) in [4.78, 5) is 31.1. The zero-order valence-electron chi connectivity index (χ0n) is 16.8. The summed E-state index contributed by atoms with van der Waals surface area (Å²) in [6, 6.07) is 17.3. The highest BCUT2D eigenvalue weighted by Crippen LogP contribution is 2.33. The first kappa shape index (κ1) is 20.4. The molecular weight excluding hydrogens is 416 g/mol. The Hall–Kier alpha value is -2.90. The molecule has 0 saturated carbocycles. The first-order valence-corrected chi connectivity index (χ1v) is 11.1. The molecule has 0 N–H and O–H groups in total. The summed E-state index contributed by atoms with van der Waals surface area (Å²) < 4.78 is 7.01. The average Bonchev–Trinajstić information content (AvgIpc) is 3.20. The third kappa shape index (κ3) is 3.91. The summed E-state index contributed by atoms with van der Waals surface area (Å²) in [7, 11) is 3.34. The van der Waals surface area contributed by atoms with Gasteiger partial charge < -0.3 is 4.74 Å². The van der Waals surface area contributed by atoms with E-state index in [0.717, 1.165) is 20.8 Å². The number of Topliss-reactive ketones (excluding diaryl/α,β-unsaturated/α-hetero) is 1. The molecule has 5 nitrogen and oxygen atoms in total. The average molecular weight is 437 g/mol. The molecule has 0 unspecified atom stereocenters. The standard InChI is InChI=1S/C23H20N2O3S2/c1-14(26)16-9-10-19(28-3)17(11-16)13-29-23-24-21-18(22(27)25(23)2)12-20(30-21)15-7-5-4-6-8-15/h4-12H,13H2,1-3H3. The van der Waals surface area contributed by atoms with Gasteiger partial charge in [0.1, 0.15) is 10.6 Å². The van der Waals surface area contributed by atoms with Crippen molar-refractivity contribution >= 4 is 39.1 Å². The van der Waals surface area contributed by atoms with E-state index in [9.17, 15) is 9.59 Å². The number of thioether (sulfide) groups is 1. The van der Waals surface area contributed by atoms with Gasteiger partial charge in [-0.25, -0.2) is 4.98 Å². The number of hydrogen-bond donors (Lipinski definition) is 0. The van der Waals surface area contributed by atoms with Crippen LogP contribution in [0.3, 0.4) is 0 Å². The number of aromatic nitrogens is 2. The van der Waals surface area contributed by atoms with Gasteiger partial charge in [-0.05, 0) is 36.8 Å². The lowest BCUT2D eigenvalue weighted by Gasteiger charge is -2.11. The molecule has 2 aromatic heterocycles. The molecule has 7 heteroatoms. The van der Waals surface area contributed by atoms with Crippen molar-refractivity contribution in [2.24, 2.45) is 7.05 Å². The van der Waals surface area contributed by atoms with Gasteiger partial charge in [-0.1, -0.05) is 42.1 Å². The van der Waals surface area contributed by atoms with Crippen LogP contribution in [0.1, 0.15) is 22.8 Å². The lowest BCUT2D eigenvalue weighted by Crippen LogP contribution is -2.19. The number of thiophene rings is 1. The Bertz CT molecular complexity index is 1290. The lowest BCUT2D eigenvalue weighted by atomic mass is 10.1. The van der Waals surface area contributed by atoms with Crippen LogP contribution in [0.4, 0.5) is 0 Å². The van der Waals surface area contributed by atoms with Crippen molar-refractivity contribution in [3.05, 3.63) is 76.1 Å². The summed E-state index contributed by atoms with van der Waals surface area (Å²) in [5.74, 6) is 1.25. The second-order valence-electron chi connectivity index (χ2n) is 6.83. The van der Waals surface area contributed by atoms with Crippen molar-refractivity contribution in [1.82, 2.24) is 9.55 Å². The van der Waals surface area contributed by atoms with Gasteiger partial charge in [0.2, 0.25) is 0 Å². The second-order valence-corrected chi connectivity index (χ2v) is 8.80. The normalized spacial score (nSPS) is 11.0.